The second-order valence-corrected chi connectivity index (χ2v) is 11.0. The number of amides is 1. The second-order valence-electron chi connectivity index (χ2n) is 9.12. The van der Waals surface area contributed by atoms with Gasteiger partial charge in [0.25, 0.3) is 0 Å². The Bertz CT molecular complexity index is 1220. The molecule has 0 bridgehead atoms. The standard InChI is InChI=1S/C26H33N3O6S/c1-18-15-29(19(2)17-30)36(33,34)25-11-10-21(9-8-20(3)31)13-23(25)35-24(18)16-28(4)26(32)14-22-7-5-6-12-27-22/h5-7,10-13,18-20,24,30-31H,14-17H2,1-4H3/t18-,19-,20-,24-/m0/s1. The molecule has 0 spiro atoms. The van der Waals surface area contributed by atoms with Crippen LogP contribution in [0.3, 0.4) is 0 Å². The molecule has 4 atom stereocenters. The quantitative estimate of drug-likeness (QED) is 0.556. The molecule has 0 aliphatic carbocycles. The minimum atomic E-state index is -3.98. The van der Waals surface area contributed by atoms with Gasteiger partial charge >= 0.3 is 0 Å². The predicted octanol–water partition coefficient (Wildman–Crippen LogP) is 1.28. The predicted molar refractivity (Wildman–Crippen MR) is 135 cm³/mol. The molecule has 2 aromatic rings. The van der Waals surface area contributed by atoms with E-state index in [0.29, 0.717) is 11.3 Å². The number of ether oxygens (including phenoxy) is 1. The van der Waals surface area contributed by atoms with Crippen molar-refractivity contribution in [2.24, 2.45) is 5.92 Å². The number of benzene rings is 1. The maximum Gasteiger partial charge on any atom is 0.247 e. The molecule has 9 nitrogen and oxygen atoms in total. The van der Waals surface area contributed by atoms with Crippen molar-refractivity contribution in [2.45, 2.75) is 50.3 Å². The number of aliphatic hydroxyl groups excluding tert-OH is 2. The summed E-state index contributed by atoms with van der Waals surface area (Å²) in [5.74, 6) is 5.12. The highest BCUT2D eigenvalue weighted by Gasteiger charge is 2.38. The monoisotopic (exact) mass is 515 g/mol. The number of hydrogen-bond donors (Lipinski definition) is 2. The molecule has 0 unspecified atom stereocenters. The van der Waals surface area contributed by atoms with E-state index in [9.17, 15) is 23.4 Å². The van der Waals surface area contributed by atoms with Crippen LogP contribution in [-0.4, -0.2) is 83.7 Å². The van der Waals surface area contributed by atoms with Gasteiger partial charge in [-0.15, -0.1) is 0 Å². The molecule has 36 heavy (non-hydrogen) atoms. The van der Waals surface area contributed by atoms with Gasteiger partial charge in [0.15, 0.2) is 0 Å². The van der Waals surface area contributed by atoms with Gasteiger partial charge in [0.05, 0.1) is 19.6 Å². The molecule has 1 aliphatic rings. The number of aliphatic hydroxyl groups is 2. The molecule has 0 saturated heterocycles. The van der Waals surface area contributed by atoms with Gasteiger partial charge in [-0.3, -0.25) is 9.78 Å². The van der Waals surface area contributed by atoms with Crippen LogP contribution < -0.4 is 4.74 Å². The number of likely N-dealkylation sites (N-methyl/N-ethyl adjacent to an activating group) is 1. The number of nitrogens with zero attached hydrogens (tertiary/aromatic N) is 3. The van der Waals surface area contributed by atoms with Crippen LogP contribution in [0.2, 0.25) is 0 Å². The van der Waals surface area contributed by atoms with Gasteiger partial charge in [0.2, 0.25) is 15.9 Å². The molecule has 1 aliphatic heterocycles. The average Bonchev–Trinajstić information content (AvgIpc) is 2.84. The fraction of sp³-hybridized carbons (Fsp3) is 0.462. The number of sulfonamides is 1. The number of fused-ring (bicyclic) bond motifs is 1. The van der Waals surface area contributed by atoms with Crippen LogP contribution >= 0.6 is 0 Å². The Morgan fingerprint density at radius 1 is 1.31 bits per heavy atom. The maximum absolute atomic E-state index is 13.5. The van der Waals surface area contributed by atoms with Gasteiger partial charge in [0.1, 0.15) is 22.9 Å². The summed E-state index contributed by atoms with van der Waals surface area (Å²) in [6.07, 6.45) is 0.389. The zero-order chi connectivity index (χ0) is 26.5. The Balaban J connectivity index is 1.96. The van der Waals surface area contributed by atoms with Crippen molar-refractivity contribution in [1.82, 2.24) is 14.2 Å². The van der Waals surface area contributed by atoms with Gasteiger partial charge in [-0.1, -0.05) is 24.8 Å². The van der Waals surface area contributed by atoms with Crippen molar-refractivity contribution in [3.05, 3.63) is 53.9 Å². The van der Waals surface area contributed by atoms with Gasteiger partial charge in [-0.05, 0) is 44.2 Å². The lowest BCUT2D eigenvalue weighted by molar-refractivity contribution is -0.130. The average molecular weight is 516 g/mol. The summed E-state index contributed by atoms with van der Waals surface area (Å²) >= 11 is 0. The van der Waals surface area contributed by atoms with Crippen molar-refractivity contribution < 1.29 is 28.2 Å². The van der Waals surface area contributed by atoms with E-state index in [-0.39, 0.29) is 48.6 Å². The smallest absolute Gasteiger partial charge is 0.247 e. The first-order chi connectivity index (χ1) is 17.0. The number of carbonyl (C=O) groups excluding carboxylic acids is 1. The Morgan fingerprint density at radius 2 is 2.06 bits per heavy atom. The Hall–Kier alpha value is -2.97. The van der Waals surface area contributed by atoms with E-state index in [0.717, 1.165) is 0 Å². The van der Waals surface area contributed by atoms with E-state index >= 15 is 0 Å². The zero-order valence-electron chi connectivity index (χ0n) is 21.0. The lowest BCUT2D eigenvalue weighted by atomic mass is 10.0. The summed E-state index contributed by atoms with van der Waals surface area (Å²) in [6, 6.07) is 9.25. The summed E-state index contributed by atoms with van der Waals surface area (Å²) in [4.78, 5) is 18.6. The lowest BCUT2D eigenvalue weighted by Gasteiger charge is -2.37. The van der Waals surface area contributed by atoms with E-state index in [2.05, 4.69) is 16.8 Å². The second kappa shape index (κ2) is 11.8. The largest absolute Gasteiger partial charge is 0.487 e. The molecule has 0 radical (unpaired) electrons. The number of hydrogen-bond acceptors (Lipinski definition) is 7. The molecule has 3 rings (SSSR count). The molecular weight excluding hydrogens is 482 g/mol. The highest BCUT2D eigenvalue weighted by Crippen LogP contribution is 2.34. The zero-order valence-corrected chi connectivity index (χ0v) is 21.8. The molecule has 1 aromatic heterocycles. The van der Waals surface area contributed by atoms with Crippen LogP contribution in [0, 0.1) is 17.8 Å². The third-order valence-electron chi connectivity index (χ3n) is 6.03. The molecular formula is C26H33N3O6S. The van der Waals surface area contributed by atoms with Crippen LogP contribution in [0.1, 0.15) is 32.0 Å². The number of rotatable bonds is 6. The van der Waals surface area contributed by atoms with Crippen LogP contribution in [-0.2, 0) is 21.2 Å². The van der Waals surface area contributed by atoms with Gasteiger partial charge in [0, 0.05) is 43.0 Å². The highest BCUT2D eigenvalue weighted by atomic mass is 32.2. The lowest BCUT2D eigenvalue weighted by Crippen LogP contribution is -2.50. The maximum atomic E-state index is 13.5. The van der Waals surface area contributed by atoms with Crippen molar-refractivity contribution in [2.75, 3.05) is 26.7 Å². The topological polar surface area (TPSA) is 120 Å². The van der Waals surface area contributed by atoms with Crippen LogP contribution in [0.5, 0.6) is 5.75 Å². The van der Waals surface area contributed by atoms with E-state index in [1.165, 1.54) is 23.4 Å². The number of carbonyl (C=O) groups is 1. The molecule has 194 valence electrons. The Kier molecular flexibility index (Phi) is 9.08. The first-order valence-electron chi connectivity index (χ1n) is 11.8. The number of aromatic nitrogens is 1. The fourth-order valence-electron chi connectivity index (χ4n) is 3.87. The van der Waals surface area contributed by atoms with Crippen LogP contribution in [0.25, 0.3) is 0 Å². The van der Waals surface area contributed by atoms with E-state index in [1.54, 1.807) is 43.3 Å². The van der Waals surface area contributed by atoms with Crippen molar-refractivity contribution in [3.8, 4) is 17.6 Å². The molecule has 10 heteroatoms. The Morgan fingerprint density at radius 3 is 2.69 bits per heavy atom. The first kappa shape index (κ1) is 27.6. The van der Waals surface area contributed by atoms with Gasteiger partial charge in [-0.2, -0.15) is 4.31 Å². The normalized spacial score (nSPS) is 20.9. The molecule has 2 heterocycles. The van der Waals surface area contributed by atoms with Crippen molar-refractivity contribution in [3.63, 3.8) is 0 Å². The van der Waals surface area contributed by atoms with Crippen molar-refractivity contribution >= 4 is 15.9 Å². The number of pyridine rings is 1. The summed E-state index contributed by atoms with van der Waals surface area (Å²) < 4.78 is 34.6. The van der Waals surface area contributed by atoms with E-state index < -0.39 is 28.3 Å². The minimum Gasteiger partial charge on any atom is -0.487 e. The summed E-state index contributed by atoms with van der Waals surface area (Å²) in [6.45, 7) is 5.03. The molecule has 0 saturated carbocycles. The van der Waals surface area contributed by atoms with Crippen LogP contribution in [0.15, 0.2) is 47.5 Å². The Labute approximate surface area is 212 Å². The third kappa shape index (κ3) is 6.62. The summed E-state index contributed by atoms with van der Waals surface area (Å²) in [7, 11) is -2.30. The van der Waals surface area contributed by atoms with Gasteiger partial charge in [-0.25, -0.2) is 8.42 Å². The molecule has 0 fully saturated rings. The first-order valence-corrected chi connectivity index (χ1v) is 13.2. The summed E-state index contributed by atoms with van der Waals surface area (Å²) in [5, 5.41) is 19.3. The van der Waals surface area contributed by atoms with E-state index in [1.807, 2.05) is 13.0 Å². The van der Waals surface area contributed by atoms with E-state index in [4.69, 9.17) is 4.74 Å². The fourth-order valence-corrected chi connectivity index (χ4v) is 5.70. The molecule has 1 amide bonds. The molecule has 1 aromatic carbocycles. The third-order valence-corrected chi connectivity index (χ3v) is 8.05. The van der Waals surface area contributed by atoms with Gasteiger partial charge < -0.3 is 19.8 Å². The SMILES string of the molecule is C[C@H](O)C#Cc1ccc2c(c1)O[C@@H](CN(C)C(=O)Cc1ccccn1)[C@@H](C)CN([C@@H](C)CO)S2(=O)=O. The molecule has 2 N–H and O–H groups in total. The van der Waals surface area contributed by atoms with Crippen molar-refractivity contribution in [1.29, 1.82) is 0 Å². The summed E-state index contributed by atoms with van der Waals surface area (Å²) in [5.41, 5.74) is 1.14. The van der Waals surface area contributed by atoms with Crippen LogP contribution in [0.4, 0.5) is 0 Å². The minimum absolute atomic E-state index is 0.0373. The highest BCUT2D eigenvalue weighted by molar-refractivity contribution is 7.89.